The average molecular weight is 509 g/mol. The van der Waals surface area contributed by atoms with Gasteiger partial charge in [0.05, 0.1) is 38.5 Å². The summed E-state index contributed by atoms with van der Waals surface area (Å²) in [6, 6.07) is 11.9. The first-order valence-electron chi connectivity index (χ1n) is 12.9. The van der Waals surface area contributed by atoms with Crippen LogP contribution in [0, 0.1) is 6.92 Å². The summed E-state index contributed by atoms with van der Waals surface area (Å²) in [4.78, 5) is 30.5. The van der Waals surface area contributed by atoms with E-state index in [1.54, 1.807) is 36.3 Å². The number of methoxy groups -OCH3 is 1. The number of carbonyl (C=O) groups is 2. The number of hydrogen-bond donors (Lipinski definition) is 1. The van der Waals surface area contributed by atoms with E-state index in [4.69, 9.17) is 14.2 Å². The largest absolute Gasteiger partial charge is 0.507 e. The monoisotopic (exact) mass is 508 g/mol. The van der Waals surface area contributed by atoms with E-state index in [0.29, 0.717) is 49.8 Å². The van der Waals surface area contributed by atoms with Crippen LogP contribution in [0.3, 0.4) is 0 Å². The summed E-state index contributed by atoms with van der Waals surface area (Å²) in [5, 5.41) is 11.4. The number of aliphatic hydroxyl groups is 1. The summed E-state index contributed by atoms with van der Waals surface area (Å²) < 4.78 is 16.4. The molecule has 1 atom stereocenters. The number of carbonyl (C=O) groups excluding carboxylic acids is 2. The van der Waals surface area contributed by atoms with E-state index in [1.807, 2.05) is 32.0 Å². The number of Topliss-reactive ketones (excluding diaryl/α,β-unsaturated/α-hetero) is 1. The number of ketones is 1. The third-order valence-corrected chi connectivity index (χ3v) is 6.87. The lowest BCUT2D eigenvalue weighted by molar-refractivity contribution is -0.140. The van der Waals surface area contributed by atoms with Crippen LogP contribution in [0.5, 0.6) is 11.5 Å². The fourth-order valence-corrected chi connectivity index (χ4v) is 4.89. The Morgan fingerprint density at radius 1 is 1.05 bits per heavy atom. The topological polar surface area (TPSA) is 88.5 Å². The SMILES string of the molecule is CCCOc1ccc(C(O)=C2C(=O)C(=O)N(CCCN3CCOCC3)[C@@H]2c2ccc(OC)cc2)c(C)c1. The minimum absolute atomic E-state index is 0.104. The highest BCUT2D eigenvalue weighted by Gasteiger charge is 2.46. The van der Waals surface area contributed by atoms with Crippen molar-refractivity contribution in [2.75, 3.05) is 53.1 Å². The second kappa shape index (κ2) is 12.3. The molecule has 2 aromatic carbocycles. The number of amides is 1. The van der Waals surface area contributed by atoms with Gasteiger partial charge in [-0.05, 0) is 61.2 Å². The molecule has 0 saturated carbocycles. The fourth-order valence-electron chi connectivity index (χ4n) is 4.89. The lowest BCUT2D eigenvalue weighted by Gasteiger charge is -2.29. The molecule has 1 N–H and O–H groups in total. The summed E-state index contributed by atoms with van der Waals surface area (Å²) in [7, 11) is 1.59. The highest BCUT2D eigenvalue weighted by atomic mass is 16.5. The molecule has 0 spiro atoms. The number of hydrogen-bond acceptors (Lipinski definition) is 7. The summed E-state index contributed by atoms with van der Waals surface area (Å²) in [6.07, 6.45) is 1.60. The van der Waals surface area contributed by atoms with Gasteiger partial charge in [-0.1, -0.05) is 19.1 Å². The molecule has 2 aliphatic rings. The minimum atomic E-state index is -0.689. The quantitative estimate of drug-likeness (QED) is 0.295. The lowest BCUT2D eigenvalue weighted by Crippen LogP contribution is -2.38. The number of aliphatic hydroxyl groups excluding tert-OH is 1. The van der Waals surface area contributed by atoms with Crippen molar-refractivity contribution in [2.24, 2.45) is 0 Å². The number of rotatable bonds is 10. The molecule has 0 unspecified atom stereocenters. The molecule has 0 bridgehead atoms. The Hall–Kier alpha value is -3.36. The molecule has 8 nitrogen and oxygen atoms in total. The van der Waals surface area contributed by atoms with Crippen LogP contribution in [0.15, 0.2) is 48.0 Å². The summed E-state index contributed by atoms with van der Waals surface area (Å²) in [6.45, 7) is 8.82. The van der Waals surface area contributed by atoms with Gasteiger partial charge in [0.25, 0.3) is 11.7 Å². The number of nitrogens with zero attached hydrogens (tertiary/aromatic N) is 2. The van der Waals surface area contributed by atoms with Gasteiger partial charge in [0.2, 0.25) is 0 Å². The van der Waals surface area contributed by atoms with Gasteiger partial charge in [-0.2, -0.15) is 0 Å². The predicted molar refractivity (Wildman–Crippen MR) is 141 cm³/mol. The molecule has 2 fully saturated rings. The van der Waals surface area contributed by atoms with Crippen molar-refractivity contribution in [3.8, 4) is 11.5 Å². The van der Waals surface area contributed by atoms with Crippen LogP contribution >= 0.6 is 0 Å². The molecule has 2 aliphatic heterocycles. The number of ether oxygens (including phenoxy) is 3. The highest BCUT2D eigenvalue weighted by Crippen LogP contribution is 2.40. The molecule has 1 amide bonds. The Morgan fingerprint density at radius 2 is 1.76 bits per heavy atom. The Bertz CT molecular complexity index is 1140. The average Bonchev–Trinajstić information content (AvgIpc) is 3.17. The summed E-state index contributed by atoms with van der Waals surface area (Å²) in [5.41, 5.74) is 2.12. The molecule has 0 radical (unpaired) electrons. The van der Waals surface area contributed by atoms with Crippen molar-refractivity contribution < 1.29 is 28.9 Å². The van der Waals surface area contributed by atoms with Crippen LogP contribution in [0.4, 0.5) is 0 Å². The fraction of sp³-hybridized carbons (Fsp3) is 0.448. The molecule has 0 aliphatic carbocycles. The van der Waals surface area contributed by atoms with E-state index in [9.17, 15) is 14.7 Å². The van der Waals surface area contributed by atoms with Gasteiger partial charge in [-0.3, -0.25) is 14.5 Å². The smallest absolute Gasteiger partial charge is 0.295 e. The normalized spacial score (nSPS) is 19.9. The van der Waals surface area contributed by atoms with Gasteiger partial charge < -0.3 is 24.2 Å². The lowest BCUT2D eigenvalue weighted by atomic mass is 9.93. The Labute approximate surface area is 218 Å². The van der Waals surface area contributed by atoms with E-state index in [2.05, 4.69) is 4.90 Å². The van der Waals surface area contributed by atoms with E-state index < -0.39 is 17.7 Å². The van der Waals surface area contributed by atoms with Crippen molar-refractivity contribution in [1.82, 2.24) is 9.80 Å². The molecule has 2 saturated heterocycles. The van der Waals surface area contributed by atoms with Crippen molar-refractivity contribution in [3.63, 3.8) is 0 Å². The van der Waals surface area contributed by atoms with Crippen LogP contribution in [-0.4, -0.2) is 79.7 Å². The predicted octanol–water partition coefficient (Wildman–Crippen LogP) is 3.94. The third kappa shape index (κ3) is 5.97. The Balaban J connectivity index is 1.67. The summed E-state index contributed by atoms with van der Waals surface area (Å²) in [5.74, 6) is -0.0626. The second-order valence-electron chi connectivity index (χ2n) is 9.40. The number of morpholine rings is 1. The second-order valence-corrected chi connectivity index (χ2v) is 9.40. The zero-order valence-electron chi connectivity index (χ0n) is 21.9. The first-order chi connectivity index (χ1) is 17.9. The zero-order chi connectivity index (χ0) is 26.4. The van der Waals surface area contributed by atoms with Crippen LogP contribution in [0.1, 0.15) is 42.5 Å². The number of benzene rings is 2. The zero-order valence-corrected chi connectivity index (χ0v) is 21.9. The first kappa shape index (κ1) is 26.7. The van der Waals surface area contributed by atoms with Gasteiger partial charge in [-0.25, -0.2) is 0 Å². The molecule has 198 valence electrons. The van der Waals surface area contributed by atoms with Crippen LogP contribution < -0.4 is 9.47 Å². The standard InChI is InChI=1S/C29H36N2O6/c1-4-16-37-23-10-11-24(20(2)19-23)27(32)25-26(21-6-8-22(35-3)9-7-21)31(29(34)28(25)33)13-5-12-30-14-17-36-18-15-30/h6-11,19,26,32H,4-5,12-18H2,1-3H3/t26-/m1/s1. The van der Waals surface area contributed by atoms with E-state index >= 15 is 0 Å². The molecular formula is C29H36N2O6. The van der Waals surface area contributed by atoms with E-state index in [1.165, 1.54) is 0 Å². The molecule has 2 aromatic rings. The molecule has 37 heavy (non-hydrogen) atoms. The van der Waals surface area contributed by atoms with Crippen LogP contribution in [0.25, 0.3) is 5.76 Å². The maximum Gasteiger partial charge on any atom is 0.295 e. The molecule has 4 rings (SSSR count). The van der Waals surface area contributed by atoms with Crippen LogP contribution in [-0.2, 0) is 14.3 Å². The van der Waals surface area contributed by atoms with Gasteiger partial charge in [-0.15, -0.1) is 0 Å². The van der Waals surface area contributed by atoms with Gasteiger partial charge in [0.1, 0.15) is 17.3 Å². The molecule has 8 heteroatoms. The van der Waals surface area contributed by atoms with Crippen molar-refractivity contribution >= 4 is 17.4 Å². The van der Waals surface area contributed by atoms with E-state index in [0.717, 1.165) is 37.2 Å². The van der Waals surface area contributed by atoms with E-state index in [-0.39, 0.29) is 11.3 Å². The van der Waals surface area contributed by atoms with Gasteiger partial charge in [0.15, 0.2) is 0 Å². The third-order valence-electron chi connectivity index (χ3n) is 6.87. The van der Waals surface area contributed by atoms with Gasteiger partial charge in [0, 0.05) is 31.7 Å². The highest BCUT2D eigenvalue weighted by molar-refractivity contribution is 6.46. The molecule has 2 heterocycles. The maximum absolute atomic E-state index is 13.3. The van der Waals surface area contributed by atoms with Crippen LogP contribution in [0.2, 0.25) is 0 Å². The first-order valence-corrected chi connectivity index (χ1v) is 12.9. The van der Waals surface area contributed by atoms with Crippen molar-refractivity contribution in [2.45, 2.75) is 32.7 Å². The Kier molecular flexibility index (Phi) is 8.84. The summed E-state index contributed by atoms with van der Waals surface area (Å²) >= 11 is 0. The number of likely N-dealkylation sites (tertiary alicyclic amines) is 1. The minimum Gasteiger partial charge on any atom is -0.507 e. The van der Waals surface area contributed by atoms with Gasteiger partial charge >= 0.3 is 0 Å². The molecular weight excluding hydrogens is 472 g/mol. The van der Waals surface area contributed by atoms with Crippen molar-refractivity contribution in [1.29, 1.82) is 0 Å². The number of aryl methyl sites for hydroxylation is 1. The maximum atomic E-state index is 13.3. The Morgan fingerprint density at radius 3 is 2.41 bits per heavy atom. The molecule has 0 aromatic heterocycles. The van der Waals surface area contributed by atoms with Crippen molar-refractivity contribution in [3.05, 3.63) is 64.7 Å².